The fourth-order valence-electron chi connectivity index (χ4n) is 2.85. The molecular weight excluding hydrogens is 243 g/mol. The first-order valence-electron chi connectivity index (χ1n) is 6.66. The Morgan fingerprint density at radius 1 is 1.21 bits per heavy atom. The Bertz CT molecular complexity index is 640. The van der Waals surface area contributed by atoms with Gasteiger partial charge in [0.05, 0.1) is 12.5 Å². The number of anilines is 1. The van der Waals surface area contributed by atoms with Crippen molar-refractivity contribution in [3.63, 3.8) is 0 Å². The monoisotopic (exact) mass is 260 g/mol. The normalized spacial score (nSPS) is 15.1. The van der Waals surface area contributed by atoms with E-state index in [0.29, 0.717) is 22.3 Å². The minimum absolute atomic E-state index is 0.331. The third-order valence-corrected chi connectivity index (χ3v) is 3.84. The van der Waals surface area contributed by atoms with Crippen molar-refractivity contribution in [2.24, 2.45) is 0 Å². The molecule has 3 nitrogen and oxygen atoms in total. The van der Waals surface area contributed by atoms with Gasteiger partial charge in [-0.2, -0.15) is 0 Å². The summed E-state index contributed by atoms with van der Waals surface area (Å²) >= 11 is 0. The van der Waals surface area contributed by atoms with Crippen molar-refractivity contribution in [3.05, 3.63) is 29.2 Å². The second-order valence-electron chi connectivity index (χ2n) is 4.98. The van der Waals surface area contributed by atoms with Crippen molar-refractivity contribution in [2.45, 2.75) is 32.1 Å². The summed E-state index contributed by atoms with van der Waals surface area (Å²) < 4.78 is 19.3. The fraction of sp³-hybridized carbons (Fsp3) is 0.400. The molecule has 1 aromatic heterocycles. The lowest BCUT2D eigenvalue weighted by Gasteiger charge is -2.14. The van der Waals surface area contributed by atoms with Crippen molar-refractivity contribution in [1.29, 1.82) is 0 Å². The van der Waals surface area contributed by atoms with Gasteiger partial charge in [0.25, 0.3) is 0 Å². The van der Waals surface area contributed by atoms with Gasteiger partial charge in [0.15, 0.2) is 0 Å². The average Bonchev–Trinajstić information content (AvgIpc) is 2.66. The highest BCUT2D eigenvalue weighted by atomic mass is 19.1. The molecule has 2 aromatic rings. The number of nitrogens with zero attached hydrogens (tertiary/aromatic N) is 1. The average molecular weight is 260 g/mol. The van der Waals surface area contributed by atoms with Crippen LogP contribution in [0.25, 0.3) is 10.9 Å². The molecule has 1 aliphatic rings. The minimum atomic E-state index is -0.338. The molecule has 0 fully saturated rings. The van der Waals surface area contributed by atoms with Gasteiger partial charge in [-0.1, -0.05) is 6.42 Å². The Morgan fingerprint density at radius 3 is 2.79 bits per heavy atom. The van der Waals surface area contributed by atoms with E-state index in [9.17, 15) is 4.39 Å². The zero-order valence-electron chi connectivity index (χ0n) is 11.0. The van der Waals surface area contributed by atoms with Crippen molar-refractivity contribution >= 4 is 16.6 Å². The van der Waals surface area contributed by atoms with Crippen LogP contribution in [0.5, 0.6) is 5.75 Å². The van der Waals surface area contributed by atoms with E-state index in [1.165, 1.54) is 12.5 Å². The molecule has 0 aliphatic heterocycles. The molecule has 19 heavy (non-hydrogen) atoms. The Morgan fingerprint density at radius 2 is 2.00 bits per heavy atom. The van der Waals surface area contributed by atoms with Gasteiger partial charge >= 0.3 is 0 Å². The van der Waals surface area contributed by atoms with Crippen LogP contribution in [-0.2, 0) is 12.8 Å². The lowest BCUT2D eigenvalue weighted by molar-refractivity contribution is 0.419. The standard InChI is InChI=1S/C15H17FN2O/c1-19-12-8-7-10(16)15-13(12)14(17)9-5-3-2-4-6-11(9)18-15/h7-8H,2-6H2,1H3,(H2,17,18). The Hall–Kier alpha value is -1.84. The van der Waals surface area contributed by atoms with Gasteiger partial charge in [-0.15, -0.1) is 0 Å². The van der Waals surface area contributed by atoms with Crippen LogP contribution >= 0.6 is 0 Å². The van der Waals surface area contributed by atoms with Gasteiger partial charge in [-0.05, 0) is 43.4 Å². The van der Waals surface area contributed by atoms with Gasteiger partial charge in [-0.25, -0.2) is 9.37 Å². The number of aryl methyl sites for hydroxylation is 1. The number of benzene rings is 1. The summed E-state index contributed by atoms with van der Waals surface area (Å²) in [5, 5.41) is 0.614. The number of rotatable bonds is 1. The molecule has 100 valence electrons. The summed E-state index contributed by atoms with van der Waals surface area (Å²) in [5.74, 6) is 0.253. The maximum absolute atomic E-state index is 14.0. The summed E-state index contributed by atoms with van der Waals surface area (Å²) in [6.45, 7) is 0. The number of fused-ring (bicyclic) bond motifs is 2. The third kappa shape index (κ3) is 1.91. The van der Waals surface area contributed by atoms with Gasteiger partial charge in [0.2, 0.25) is 0 Å². The molecule has 0 radical (unpaired) electrons. The molecule has 3 rings (SSSR count). The lowest BCUT2D eigenvalue weighted by Crippen LogP contribution is -2.05. The first-order chi connectivity index (χ1) is 9.22. The highest BCUT2D eigenvalue weighted by molar-refractivity contribution is 5.97. The predicted octanol–water partition coefficient (Wildman–Crippen LogP) is 3.23. The van der Waals surface area contributed by atoms with E-state index < -0.39 is 0 Å². The number of aromatic nitrogens is 1. The van der Waals surface area contributed by atoms with Crippen LogP contribution in [0.4, 0.5) is 10.1 Å². The summed E-state index contributed by atoms with van der Waals surface area (Å²) in [6.07, 6.45) is 5.18. The van der Waals surface area contributed by atoms with E-state index in [2.05, 4.69) is 4.98 Å². The zero-order chi connectivity index (χ0) is 13.4. The highest BCUT2D eigenvalue weighted by Crippen LogP contribution is 2.36. The van der Waals surface area contributed by atoms with Gasteiger partial charge in [0, 0.05) is 11.4 Å². The number of hydrogen-bond acceptors (Lipinski definition) is 3. The Labute approximate surface area is 111 Å². The van der Waals surface area contributed by atoms with E-state index in [4.69, 9.17) is 10.5 Å². The smallest absolute Gasteiger partial charge is 0.149 e. The third-order valence-electron chi connectivity index (χ3n) is 3.84. The first-order valence-corrected chi connectivity index (χ1v) is 6.66. The zero-order valence-corrected chi connectivity index (χ0v) is 11.0. The van der Waals surface area contributed by atoms with Crippen molar-refractivity contribution in [3.8, 4) is 5.75 Å². The van der Waals surface area contributed by atoms with Gasteiger partial charge in [-0.3, -0.25) is 0 Å². The van der Waals surface area contributed by atoms with E-state index in [1.54, 1.807) is 13.2 Å². The van der Waals surface area contributed by atoms with Gasteiger partial charge < -0.3 is 10.5 Å². The molecular formula is C15H17FN2O. The maximum Gasteiger partial charge on any atom is 0.149 e. The summed E-state index contributed by atoms with van der Waals surface area (Å²) in [7, 11) is 1.57. The van der Waals surface area contributed by atoms with E-state index in [0.717, 1.165) is 36.9 Å². The summed E-state index contributed by atoms with van der Waals surface area (Å²) in [5.41, 5.74) is 9.27. The summed E-state index contributed by atoms with van der Waals surface area (Å²) in [6, 6.07) is 3.00. The number of ether oxygens (including phenoxy) is 1. The second-order valence-corrected chi connectivity index (χ2v) is 4.98. The Kier molecular flexibility index (Phi) is 3.01. The van der Waals surface area contributed by atoms with Crippen LogP contribution in [0, 0.1) is 5.82 Å². The second kappa shape index (κ2) is 4.68. The van der Waals surface area contributed by atoms with E-state index in [1.807, 2.05) is 0 Å². The molecule has 0 saturated heterocycles. The SMILES string of the molecule is COc1ccc(F)c2nc3c(c(N)c12)CCCCC3. The fourth-order valence-corrected chi connectivity index (χ4v) is 2.85. The molecule has 0 saturated carbocycles. The maximum atomic E-state index is 14.0. The predicted molar refractivity (Wildman–Crippen MR) is 73.9 cm³/mol. The number of nitrogen functional groups attached to an aromatic ring is 1. The topological polar surface area (TPSA) is 48.1 Å². The minimum Gasteiger partial charge on any atom is -0.496 e. The van der Waals surface area contributed by atoms with Crippen LogP contribution in [0.1, 0.15) is 30.5 Å². The van der Waals surface area contributed by atoms with Crippen molar-refractivity contribution < 1.29 is 9.13 Å². The Balaban J connectivity index is 2.37. The number of methoxy groups -OCH3 is 1. The number of hydrogen-bond donors (Lipinski definition) is 1. The van der Waals surface area contributed by atoms with E-state index >= 15 is 0 Å². The van der Waals surface area contributed by atoms with Crippen LogP contribution < -0.4 is 10.5 Å². The van der Waals surface area contributed by atoms with Crippen molar-refractivity contribution in [2.75, 3.05) is 12.8 Å². The number of pyridine rings is 1. The van der Waals surface area contributed by atoms with E-state index in [-0.39, 0.29) is 5.82 Å². The number of nitrogens with two attached hydrogens (primary N) is 1. The van der Waals surface area contributed by atoms with Crippen LogP contribution in [0.3, 0.4) is 0 Å². The van der Waals surface area contributed by atoms with Gasteiger partial charge in [0.1, 0.15) is 17.1 Å². The highest BCUT2D eigenvalue weighted by Gasteiger charge is 2.19. The molecule has 0 spiro atoms. The quantitative estimate of drug-likeness (QED) is 0.801. The lowest BCUT2D eigenvalue weighted by atomic mass is 10.0. The van der Waals surface area contributed by atoms with Crippen LogP contribution in [0.2, 0.25) is 0 Å². The molecule has 1 aromatic carbocycles. The molecule has 0 bridgehead atoms. The summed E-state index contributed by atoms with van der Waals surface area (Å²) in [4.78, 5) is 4.51. The first kappa shape index (κ1) is 12.2. The largest absolute Gasteiger partial charge is 0.496 e. The molecule has 0 unspecified atom stereocenters. The molecule has 0 atom stereocenters. The molecule has 0 amide bonds. The molecule has 1 aliphatic carbocycles. The molecule has 2 N–H and O–H groups in total. The number of halogens is 1. The van der Waals surface area contributed by atoms with Crippen LogP contribution in [-0.4, -0.2) is 12.1 Å². The van der Waals surface area contributed by atoms with Crippen LogP contribution in [0.15, 0.2) is 12.1 Å². The molecule has 1 heterocycles. The molecule has 4 heteroatoms. The van der Waals surface area contributed by atoms with Crippen molar-refractivity contribution in [1.82, 2.24) is 4.98 Å².